The maximum absolute atomic E-state index is 4.07. The van der Waals surface area contributed by atoms with Crippen molar-refractivity contribution in [3.8, 4) is 0 Å². The van der Waals surface area contributed by atoms with Crippen molar-refractivity contribution in [3.63, 3.8) is 0 Å². The molecule has 0 spiro atoms. The lowest BCUT2D eigenvalue weighted by Gasteiger charge is -2.18. The molecule has 0 aliphatic rings. The average molecular weight is 351 g/mol. The third-order valence-corrected chi connectivity index (χ3v) is 4.61. The Hall–Kier alpha value is -0.840. The van der Waals surface area contributed by atoms with Gasteiger partial charge >= 0.3 is 0 Å². The molecule has 0 saturated heterocycles. The van der Waals surface area contributed by atoms with E-state index in [-0.39, 0.29) is 0 Å². The molecule has 0 radical (unpaired) electrons. The molecular formula is C16H19BrN2S. The van der Waals surface area contributed by atoms with Crippen LogP contribution in [-0.2, 0) is 0 Å². The van der Waals surface area contributed by atoms with Crippen LogP contribution < -0.4 is 5.32 Å². The summed E-state index contributed by atoms with van der Waals surface area (Å²) in [6.07, 6.45) is 4.81. The normalized spacial score (nSPS) is 12.3. The van der Waals surface area contributed by atoms with Crippen LogP contribution in [0.1, 0.15) is 31.9 Å². The highest BCUT2D eigenvalue weighted by atomic mass is 79.9. The molecule has 106 valence electrons. The average Bonchev–Trinajstić information content (AvgIpc) is 2.47. The highest BCUT2D eigenvalue weighted by Crippen LogP contribution is 2.34. The van der Waals surface area contributed by atoms with Gasteiger partial charge in [-0.25, -0.2) is 0 Å². The molecular weight excluding hydrogens is 332 g/mol. The zero-order valence-corrected chi connectivity index (χ0v) is 14.2. The lowest BCUT2D eigenvalue weighted by molar-refractivity contribution is 0.563. The Morgan fingerprint density at radius 3 is 2.70 bits per heavy atom. The van der Waals surface area contributed by atoms with Gasteiger partial charge in [0.15, 0.2) is 0 Å². The van der Waals surface area contributed by atoms with E-state index < -0.39 is 0 Å². The fourth-order valence-electron chi connectivity index (χ4n) is 1.95. The molecule has 1 aromatic heterocycles. The molecule has 0 amide bonds. The number of benzene rings is 1. The molecule has 0 saturated carbocycles. The van der Waals surface area contributed by atoms with E-state index in [9.17, 15) is 0 Å². The summed E-state index contributed by atoms with van der Waals surface area (Å²) in [5.74, 6) is 0. The van der Waals surface area contributed by atoms with E-state index in [0.29, 0.717) is 6.04 Å². The summed E-state index contributed by atoms with van der Waals surface area (Å²) < 4.78 is 1.12. The zero-order chi connectivity index (χ0) is 14.4. The van der Waals surface area contributed by atoms with Crippen molar-refractivity contribution in [2.24, 2.45) is 0 Å². The van der Waals surface area contributed by atoms with Crippen molar-refractivity contribution in [2.75, 3.05) is 6.54 Å². The van der Waals surface area contributed by atoms with Crippen molar-refractivity contribution >= 4 is 27.7 Å². The predicted molar refractivity (Wildman–Crippen MR) is 89.2 cm³/mol. The SMILES string of the molecule is CCCNC(C)c1cc(Br)ccc1Sc1ccncc1. The maximum Gasteiger partial charge on any atom is 0.0303 e. The Bertz CT molecular complexity index is 545. The van der Waals surface area contributed by atoms with Crippen LogP contribution in [-0.4, -0.2) is 11.5 Å². The summed E-state index contributed by atoms with van der Waals surface area (Å²) in [6, 6.07) is 10.9. The second-order valence-corrected chi connectivity index (χ2v) is 6.67. The number of rotatable bonds is 6. The van der Waals surface area contributed by atoms with E-state index in [0.717, 1.165) is 17.4 Å². The first kappa shape index (κ1) is 15.5. The number of hydrogen-bond donors (Lipinski definition) is 1. The van der Waals surface area contributed by atoms with E-state index in [1.165, 1.54) is 15.4 Å². The van der Waals surface area contributed by atoms with E-state index in [2.05, 4.69) is 58.3 Å². The number of nitrogens with one attached hydrogen (secondary N) is 1. The maximum atomic E-state index is 4.07. The Morgan fingerprint density at radius 1 is 1.25 bits per heavy atom. The van der Waals surface area contributed by atoms with Gasteiger partial charge in [-0.3, -0.25) is 4.98 Å². The zero-order valence-electron chi connectivity index (χ0n) is 11.8. The molecule has 0 aliphatic heterocycles. The molecule has 2 rings (SSSR count). The topological polar surface area (TPSA) is 24.9 Å². The van der Waals surface area contributed by atoms with E-state index in [1.54, 1.807) is 11.8 Å². The van der Waals surface area contributed by atoms with Crippen molar-refractivity contribution in [1.29, 1.82) is 0 Å². The molecule has 4 heteroatoms. The van der Waals surface area contributed by atoms with Crippen molar-refractivity contribution < 1.29 is 0 Å². The van der Waals surface area contributed by atoms with Crippen molar-refractivity contribution in [1.82, 2.24) is 10.3 Å². The molecule has 0 aliphatic carbocycles. The molecule has 2 nitrogen and oxygen atoms in total. The van der Waals surface area contributed by atoms with E-state index in [4.69, 9.17) is 0 Å². The first-order chi connectivity index (χ1) is 9.70. The van der Waals surface area contributed by atoms with Gasteiger partial charge in [0.25, 0.3) is 0 Å². The first-order valence-corrected chi connectivity index (χ1v) is 8.42. The van der Waals surface area contributed by atoms with Crippen LogP contribution in [0.2, 0.25) is 0 Å². The molecule has 20 heavy (non-hydrogen) atoms. The quantitative estimate of drug-likeness (QED) is 0.788. The summed E-state index contributed by atoms with van der Waals surface area (Å²) in [5.41, 5.74) is 1.33. The number of nitrogens with zero attached hydrogens (tertiary/aromatic N) is 1. The minimum atomic E-state index is 0.344. The lowest BCUT2D eigenvalue weighted by Crippen LogP contribution is -2.19. The van der Waals surface area contributed by atoms with Crippen LogP contribution >= 0.6 is 27.7 Å². The Labute approximate surface area is 133 Å². The predicted octanol–water partition coefficient (Wildman–Crippen LogP) is 5.06. The molecule has 1 N–H and O–H groups in total. The minimum Gasteiger partial charge on any atom is -0.310 e. The summed E-state index contributed by atoms with van der Waals surface area (Å²) in [7, 11) is 0. The third-order valence-electron chi connectivity index (χ3n) is 3.02. The van der Waals surface area contributed by atoms with Gasteiger partial charge < -0.3 is 5.32 Å². The van der Waals surface area contributed by atoms with Crippen LogP contribution in [0.3, 0.4) is 0 Å². The molecule has 1 unspecified atom stereocenters. The van der Waals surface area contributed by atoms with Crippen LogP contribution in [0.4, 0.5) is 0 Å². The van der Waals surface area contributed by atoms with Gasteiger partial charge in [-0.1, -0.05) is 34.6 Å². The van der Waals surface area contributed by atoms with Gasteiger partial charge in [0.05, 0.1) is 0 Å². The fraction of sp³-hybridized carbons (Fsp3) is 0.312. The van der Waals surface area contributed by atoms with E-state index in [1.807, 2.05) is 24.5 Å². The summed E-state index contributed by atoms with van der Waals surface area (Å²) in [4.78, 5) is 6.57. The number of aromatic nitrogens is 1. The third kappa shape index (κ3) is 4.33. The molecule has 1 aromatic carbocycles. The smallest absolute Gasteiger partial charge is 0.0303 e. The van der Waals surface area contributed by atoms with Crippen molar-refractivity contribution in [3.05, 3.63) is 52.8 Å². The Balaban J connectivity index is 2.23. The summed E-state index contributed by atoms with van der Waals surface area (Å²) in [5, 5.41) is 3.56. The molecule has 1 atom stereocenters. The van der Waals surface area contributed by atoms with Crippen LogP contribution in [0.25, 0.3) is 0 Å². The monoisotopic (exact) mass is 350 g/mol. The largest absolute Gasteiger partial charge is 0.310 e. The molecule has 2 aromatic rings. The van der Waals surface area contributed by atoms with Gasteiger partial charge in [-0.05, 0) is 55.8 Å². The molecule has 0 bridgehead atoms. The van der Waals surface area contributed by atoms with Crippen LogP contribution in [0, 0.1) is 0 Å². The molecule has 0 fully saturated rings. The Kier molecular flexibility index (Phi) is 6.07. The summed E-state index contributed by atoms with van der Waals surface area (Å²) in [6.45, 7) is 5.44. The first-order valence-electron chi connectivity index (χ1n) is 6.81. The van der Waals surface area contributed by atoms with Gasteiger partial charge in [0, 0.05) is 32.7 Å². The van der Waals surface area contributed by atoms with Crippen molar-refractivity contribution in [2.45, 2.75) is 36.1 Å². The highest BCUT2D eigenvalue weighted by molar-refractivity contribution is 9.10. The fourth-order valence-corrected chi connectivity index (χ4v) is 3.33. The van der Waals surface area contributed by atoms with Crippen LogP contribution in [0.15, 0.2) is 57.0 Å². The van der Waals surface area contributed by atoms with E-state index >= 15 is 0 Å². The lowest BCUT2D eigenvalue weighted by atomic mass is 10.1. The van der Waals surface area contributed by atoms with Crippen LogP contribution in [0.5, 0.6) is 0 Å². The molecule has 1 heterocycles. The second kappa shape index (κ2) is 7.81. The Morgan fingerprint density at radius 2 is 2.00 bits per heavy atom. The second-order valence-electron chi connectivity index (χ2n) is 4.64. The highest BCUT2D eigenvalue weighted by Gasteiger charge is 2.11. The van der Waals surface area contributed by atoms with Gasteiger partial charge in [0.1, 0.15) is 0 Å². The van der Waals surface area contributed by atoms with Gasteiger partial charge in [-0.2, -0.15) is 0 Å². The number of pyridine rings is 1. The number of hydrogen-bond acceptors (Lipinski definition) is 3. The van der Waals surface area contributed by atoms with Gasteiger partial charge in [-0.15, -0.1) is 0 Å². The minimum absolute atomic E-state index is 0.344. The number of halogens is 1. The summed E-state index contributed by atoms with van der Waals surface area (Å²) >= 11 is 5.36. The standard InChI is InChI=1S/C16H19BrN2S/c1-3-8-19-12(2)15-11-13(17)4-5-16(15)20-14-6-9-18-10-7-14/h4-7,9-12,19H,3,8H2,1-2H3. The van der Waals surface area contributed by atoms with Gasteiger partial charge in [0.2, 0.25) is 0 Å².